The van der Waals surface area contributed by atoms with Gasteiger partial charge in [0.15, 0.2) is 0 Å². The highest BCUT2D eigenvalue weighted by atomic mass is 35.5. The second kappa shape index (κ2) is 14.0. The molecule has 0 N–H and O–H groups in total. The molecule has 2 heterocycles. The van der Waals surface area contributed by atoms with Crippen molar-refractivity contribution in [1.82, 2.24) is 14.5 Å². The molecule has 0 atom stereocenters. The molecule has 0 amide bonds. The number of halogens is 6. The lowest BCUT2D eigenvalue weighted by Crippen LogP contribution is -2.16. The van der Waals surface area contributed by atoms with Gasteiger partial charge in [0, 0.05) is 57.6 Å². The summed E-state index contributed by atoms with van der Waals surface area (Å²) in [5.74, 6) is 0. The maximum atomic E-state index is 6.96. The van der Waals surface area contributed by atoms with E-state index in [0.717, 1.165) is 76.9 Å². The standard InChI is InChI=1S/C47H24Cl6N3/c48-29-21-34(50)44(35(51)22-29)47(45-36(52)23-30(49)24-37(45)53)56-41-12-6-3-9-32(41)33-19-27(17-18-42(33)56)25-13-15-26(16-14-25)43-31-8-2-1-7-28(31)20-40-46(43)55-39-11-5-4-10-38(39)54-40/h1-24H. The molecule has 3 nitrogen and oxygen atoms in total. The SMILES string of the molecule is Clc1cc(Cl)c([C](c2c(Cl)cc(Cl)cc2Cl)n2c3ccccc3c3cc(-c4ccc(-c5c6ccccc6cc6nc7ccccc7nc56)cc4)ccc32)c(Cl)c1. The molecule has 10 rings (SSSR count). The van der Waals surface area contributed by atoms with Crippen LogP contribution in [0.15, 0.2) is 146 Å². The zero-order valence-corrected chi connectivity index (χ0v) is 33.5. The Bertz CT molecular complexity index is 3120. The Labute approximate surface area is 351 Å². The van der Waals surface area contributed by atoms with Gasteiger partial charge < -0.3 is 4.57 Å². The van der Waals surface area contributed by atoms with Crippen molar-refractivity contribution >= 4 is 124 Å². The van der Waals surface area contributed by atoms with E-state index in [9.17, 15) is 0 Å². The number of hydrogen-bond acceptors (Lipinski definition) is 2. The van der Waals surface area contributed by atoms with Crippen molar-refractivity contribution in [2.45, 2.75) is 0 Å². The summed E-state index contributed by atoms with van der Waals surface area (Å²) in [6, 6.07) is 49.0. The first-order valence-corrected chi connectivity index (χ1v) is 19.9. The number of nitrogens with zero attached hydrogens (tertiary/aromatic N) is 3. The lowest BCUT2D eigenvalue weighted by molar-refractivity contribution is 0.946. The predicted molar refractivity (Wildman–Crippen MR) is 238 cm³/mol. The van der Waals surface area contributed by atoms with Gasteiger partial charge in [-0.1, -0.05) is 155 Å². The van der Waals surface area contributed by atoms with Crippen LogP contribution in [0, 0.1) is 6.04 Å². The predicted octanol–water partition coefficient (Wildman–Crippen LogP) is 15.8. The van der Waals surface area contributed by atoms with Crippen molar-refractivity contribution in [3.63, 3.8) is 0 Å². The van der Waals surface area contributed by atoms with Gasteiger partial charge in [-0.25, -0.2) is 9.97 Å². The van der Waals surface area contributed by atoms with Crippen molar-refractivity contribution in [3.8, 4) is 22.3 Å². The third-order valence-corrected chi connectivity index (χ3v) is 11.9. The first-order valence-electron chi connectivity index (χ1n) is 17.6. The average molecular weight is 843 g/mol. The van der Waals surface area contributed by atoms with Crippen molar-refractivity contribution < 1.29 is 0 Å². The van der Waals surface area contributed by atoms with Crippen molar-refractivity contribution in [1.29, 1.82) is 0 Å². The Morgan fingerprint density at radius 2 is 0.929 bits per heavy atom. The van der Waals surface area contributed by atoms with E-state index in [1.54, 1.807) is 24.3 Å². The molecular weight excluding hydrogens is 819 g/mol. The van der Waals surface area contributed by atoms with Gasteiger partial charge in [0.2, 0.25) is 0 Å². The molecule has 0 aliphatic heterocycles. The van der Waals surface area contributed by atoms with Crippen LogP contribution in [0.25, 0.3) is 76.9 Å². The van der Waals surface area contributed by atoms with Crippen molar-refractivity contribution in [2.75, 3.05) is 0 Å². The normalized spacial score (nSPS) is 11.9. The molecular formula is C47H24Cl6N3. The fourth-order valence-corrected chi connectivity index (χ4v) is 9.82. The van der Waals surface area contributed by atoms with Crippen LogP contribution >= 0.6 is 69.6 Å². The van der Waals surface area contributed by atoms with Gasteiger partial charge >= 0.3 is 0 Å². The topological polar surface area (TPSA) is 30.7 Å². The van der Waals surface area contributed by atoms with E-state index in [1.165, 1.54) is 0 Å². The fraction of sp³-hybridized carbons (Fsp3) is 0. The summed E-state index contributed by atoms with van der Waals surface area (Å²) >= 11 is 40.7. The van der Waals surface area contributed by atoms with E-state index in [-0.39, 0.29) is 0 Å². The smallest absolute Gasteiger partial charge is 0.133 e. The van der Waals surface area contributed by atoms with Gasteiger partial charge in [0.05, 0.1) is 33.1 Å². The van der Waals surface area contributed by atoms with E-state index in [0.29, 0.717) is 47.3 Å². The van der Waals surface area contributed by atoms with Crippen LogP contribution in [0.3, 0.4) is 0 Å². The molecule has 269 valence electrons. The minimum Gasteiger partial charge on any atom is -0.323 e. The van der Waals surface area contributed by atoms with E-state index in [1.807, 2.05) is 36.4 Å². The number of rotatable bonds is 5. The zero-order valence-electron chi connectivity index (χ0n) is 29.0. The summed E-state index contributed by atoms with van der Waals surface area (Å²) in [5, 5.41) is 6.48. The minimum atomic E-state index is 0.348. The largest absolute Gasteiger partial charge is 0.323 e. The number of hydrogen-bond donors (Lipinski definition) is 0. The quantitative estimate of drug-likeness (QED) is 0.162. The molecule has 0 aliphatic carbocycles. The van der Waals surface area contributed by atoms with Crippen LogP contribution in [-0.4, -0.2) is 14.5 Å². The summed E-state index contributed by atoms with van der Waals surface area (Å²) in [6.07, 6.45) is 0. The van der Waals surface area contributed by atoms with Gasteiger partial charge in [-0.05, 0) is 88.1 Å². The highest BCUT2D eigenvalue weighted by molar-refractivity contribution is 6.41. The first kappa shape index (κ1) is 35.6. The molecule has 0 unspecified atom stereocenters. The minimum absolute atomic E-state index is 0.348. The van der Waals surface area contributed by atoms with Crippen LogP contribution in [0.5, 0.6) is 0 Å². The summed E-state index contributed by atoms with van der Waals surface area (Å²) in [7, 11) is 0. The Hall–Kier alpha value is -4.84. The van der Waals surface area contributed by atoms with Crippen LogP contribution in [0.1, 0.15) is 11.1 Å². The molecule has 0 bridgehead atoms. The molecule has 2 aromatic heterocycles. The Morgan fingerprint density at radius 3 is 1.59 bits per heavy atom. The summed E-state index contributed by atoms with van der Waals surface area (Å²) in [6.45, 7) is 0. The van der Waals surface area contributed by atoms with E-state index >= 15 is 0 Å². The molecule has 10 aromatic rings. The number of fused-ring (bicyclic) bond motifs is 6. The lowest BCUT2D eigenvalue weighted by atomic mass is 9.94. The second-order valence-electron chi connectivity index (χ2n) is 13.6. The Morgan fingerprint density at radius 1 is 0.411 bits per heavy atom. The summed E-state index contributed by atoms with van der Waals surface area (Å²) < 4.78 is 2.11. The van der Waals surface area contributed by atoms with Crippen LogP contribution in [-0.2, 0) is 0 Å². The van der Waals surface area contributed by atoms with Gasteiger partial charge in [-0.3, -0.25) is 0 Å². The molecule has 56 heavy (non-hydrogen) atoms. The molecule has 9 heteroatoms. The molecule has 0 spiro atoms. The van der Waals surface area contributed by atoms with E-state index in [2.05, 4.69) is 89.5 Å². The van der Waals surface area contributed by atoms with E-state index in [4.69, 9.17) is 79.6 Å². The van der Waals surface area contributed by atoms with Crippen LogP contribution in [0.4, 0.5) is 0 Å². The monoisotopic (exact) mass is 840 g/mol. The van der Waals surface area contributed by atoms with Gasteiger partial charge in [0.1, 0.15) is 6.04 Å². The number of aromatic nitrogens is 3. The molecule has 0 fully saturated rings. The zero-order chi connectivity index (χ0) is 38.2. The summed E-state index contributed by atoms with van der Waals surface area (Å²) in [4.78, 5) is 10.1. The Kier molecular flexibility index (Phi) is 8.87. The fourth-order valence-electron chi connectivity index (χ4n) is 7.82. The lowest BCUT2D eigenvalue weighted by Gasteiger charge is -2.25. The number of para-hydroxylation sites is 3. The van der Waals surface area contributed by atoms with Crippen molar-refractivity contribution in [3.05, 3.63) is 193 Å². The average Bonchev–Trinajstić information content (AvgIpc) is 3.51. The highest BCUT2D eigenvalue weighted by Gasteiger charge is 2.31. The van der Waals surface area contributed by atoms with Crippen LogP contribution < -0.4 is 0 Å². The molecule has 0 aliphatic rings. The summed E-state index contributed by atoms with van der Waals surface area (Å²) in [5.41, 5.74) is 10.6. The molecule has 8 aromatic carbocycles. The van der Waals surface area contributed by atoms with Gasteiger partial charge in [-0.15, -0.1) is 0 Å². The van der Waals surface area contributed by atoms with Crippen molar-refractivity contribution in [2.24, 2.45) is 0 Å². The maximum absolute atomic E-state index is 6.96. The van der Waals surface area contributed by atoms with E-state index < -0.39 is 0 Å². The van der Waals surface area contributed by atoms with Crippen LogP contribution in [0.2, 0.25) is 30.1 Å². The van der Waals surface area contributed by atoms with Gasteiger partial charge in [0.25, 0.3) is 0 Å². The molecule has 1 radical (unpaired) electrons. The third-order valence-electron chi connectivity index (χ3n) is 10.2. The molecule has 0 saturated carbocycles. The third kappa shape index (κ3) is 5.89. The first-order chi connectivity index (χ1) is 27.2. The Balaban J connectivity index is 1.15. The van der Waals surface area contributed by atoms with Gasteiger partial charge in [-0.2, -0.15) is 0 Å². The highest BCUT2D eigenvalue weighted by Crippen LogP contribution is 2.47. The molecule has 0 saturated heterocycles. The number of benzene rings is 8. The second-order valence-corrected chi connectivity index (χ2v) is 16.1. The maximum Gasteiger partial charge on any atom is 0.133 e.